The van der Waals surface area contributed by atoms with E-state index in [1.807, 2.05) is 24.3 Å². The summed E-state index contributed by atoms with van der Waals surface area (Å²) in [6, 6.07) is 7.90. The normalized spacial score (nSPS) is 39.0. The van der Waals surface area contributed by atoms with E-state index in [1.54, 1.807) is 0 Å². The fourth-order valence-corrected chi connectivity index (χ4v) is 5.63. The molecule has 0 aliphatic heterocycles. The molecule has 22 heavy (non-hydrogen) atoms. The number of benzene rings is 1. The first-order chi connectivity index (χ1) is 10.5. The molecule has 1 aromatic rings. The lowest BCUT2D eigenvalue weighted by atomic mass is 9.46. The van der Waals surface area contributed by atoms with Crippen LogP contribution in [0.25, 0.3) is 0 Å². The molecule has 2 nitrogen and oxygen atoms in total. The Kier molecular flexibility index (Phi) is 3.32. The summed E-state index contributed by atoms with van der Waals surface area (Å²) in [6.07, 6.45) is 7.11. The monoisotopic (exact) mass is 297 g/mol. The van der Waals surface area contributed by atoms with Crippen LogP contribution in [0, 0.1) is 36.0 Å². The first-order valence-corrected chi connectivity index (χ1v) is 8.89. The molecule has 0 heterocycles. The average molecular weight is 297 g/mol. The van der Waals surface area contributed by atoms with Crippen molar-refractivity contribution in [2.75, 3.05) is 6.54 Å². The minimum absolute atomic E-state index is 0.0926. The Morgan fingerprint density at radius 3 is 2.14 bits per heavy atom. The first kappa shape index (κ1) is 14.3. The van der Waals surface area contributed by atoms with Crippen molar-refractivity contribution in [3.8, 4) is 0 Å². The van der Waals surface area contributed by atoms with Gasteiger partial charge in [0.1, 0.15) is 0 Å². The maximum Gasteiger partial charge on any atom is 0.251 e. The number of rotatable bonds is 3. The van der Waals surface area contributed by atoms with E-state index in [1.165, 1.54) is 37.7 Å². The Bertz CT molecular complexity index is 546. The largest absolute Gasteiger partial charge is 0.351 e. The molecule has 1 aromatic carbocycles. The number of hydrogen-bond acceptors (Lipinski definition) is 1. The smallest absolute Gasteiger partial charge is 0.251 e. The van der Waals surface area contributed by atoms with Crippen molar-refractivity contribution in [3.05, 3.63) is 35.4 Å². The molecule has 2 heteroatoms. The summed E-state index contributed by atoms with van der Waals surface area (Å²) >= 11 is 0. The molecule has 118 valence electrons. The number of aryl methyl sites for hydroxylation is 1. The standard InChI is InChI=1S/C20H27NO/c1-13-3-5-16(6-4-13)19(22)21-12-20(2)17-8-14-7-15(10-17)11-18(20)9-14/h3-6,14-15,17-18H,7-12H2,1-2H3,(H,21,22). The van der Waals surface area contributed by atoms with Crippen LogP contribution in [0.3, 0.4) is 0 Å². The topological polar surface area (TPSA) is 29.1 Å². The van der Waals surface area contributed by atoms with Gasteiger partial charge in [-0.3, -0.25) is 4.79 Å². The molecule has 1 amide bonds. The lowest BCUT2D eigenvalue weighted by Gasteiger charge is -2.60. The highest BCUT2D eigenvalue weighted by Gasteiger charge is 2.54. The van der Waals surface area contributed by atoms with Gasteiger partial charge in [-0.15, -0.1) is 0 Å². The summed E-state index contributed by atoms with van der Waals surface area (Å²) in [6.45, 7) is 5.35. The lowest BCUT2D eigenvalue weighted by Crippen LogP contribution is -2.55. The second kappa shape index (κ2) is 5.11. The van der Waals surface area contributed by atoms with E-state index < -0.39 is 0 Å². The van der Waals surface area contributed by atoms with Crippen molar-refractivity contribution < 1.29 is 4.79 Å². The highest BCUT2D eigenvalue weighted by atomic mass is 16.1. The molecule has 4 saturated carbocycles. The highest BCUT2D eigenvalue weighted by molar-refractivity contribution is 5.94. The molecule has 5 rings (SSSR count). The van der Waals surface area contributed by atoms with Crippen LogP contribution >= 0.6 is 0 Å². The minimum atomic E-state index is 0.0926. The van der Waals surface area contributed by atoms with Crippen LogP contribution in [-0.4, -0.2) is 12.5 Å². The molecule has 4 aliphatic rings. The van der Waals surface area contributed by atoms with Crippen LogP contribution in [0.5, 0.6) is 0 Å². The Balaban J connectivity index is 1.44. The van der Waals surface area contributed by atoms with E-state index in [4.69, 9.17) is 0 Å². The molecule has 1 N–H and O–H groups in total. The summed E-state index contributed by atoms with van der Waals surface area (Å²) in [4.78, 5) is 12.4. The SMILES string of the molecule is Cc1ccc(C(=O)NCC2(C)C3CC4CC(C3)CC2C4)cc1. The van der Waals surface area contributed by atoms with Gasteiger partial charge in [-0.2, -0.15) is 0 Å². The third kappa shape index (κ3) is 2.28. The number of hydrogen-bond donors (Lipinski definition) is 1. The van der Waals surface area contributed by atoms with Crippen molar-refractivity contribution >= 4 is 5.91 Å². The quantitative estimate of drug-likeness (QED) is 0.890. The van der Waals surface area contributed by atoms with Crippen molar-refractivity contribution in [1.82, 2.24) is 5.32 Å². The van der Waals surface area contributed by atoms with Crippen molar-refractivity contribution in [3.63, 3.8) is 0 Å². The molecule has 0 saturated heterocycles. The molecule has 0 spiro atoms. The third-order valence-electron chi connectivity index (χ3n) is 6.95. The molecule has 4 fully saturated rings. The second-order valence-corrected chi connectivity index (χ2v) is 8.36. The average Bonchev–Trinajstić information content (AvgIpc) is 2.50. The predicted molar refractivity (Wildman–Crippen MR) is 88.7 cm³/mol. The van der Waals surface area contributed by atoms with Gasteiger partial charge >= 0.3 is 0 Å². The van der Waals surface area contributed by atoms with Crippen LogP contribution in [0.4, 0.5) is 0 Å². The van der Waals surface area contributed by atoms with E-state index in [2.05, 4.69) is 19.2 Å². The Morgan fingerprint density at radius 2 is 1.59 bits per heavy atom. The van der Waals surface area contributed by atoms with Crippen molar-refractivity contribution in [1.29, 1.82) is 0 Å². The molecule has 0 unspecified atom stereocenters. The van der Waals surface area contributed by atoms with Crippen LogP contribution in [0.2, 0.25) is 0 Å². The fourth-order valence-electron chi connectivity index (χ4n) is 5.63. The van der Waals surface area contributed by atoms with Gasteiger partial charge in [-0.1, -0.05) is 24.6 Å². The second-order valence-electron chi connectivity index (χ2n) is 8.36. The van der Waals surface area contributed by atoms with Gasteiger partial charge in [0.25, 0.3) is 5.91 Å². The zero-order valence-corrected chi connectivity index (χ0v) is 13.8. The molecule has 0 radical (unpaired) electrons. The number of amides is 1. The summed E-state index contributed by atoms with van der Waals surface area (Å²) < 4.78 is 0. The van der Waals surface area contributed by atoms with Crippen LogP contribution in [-0.2, 0) is 0 Å². The van der Waals surface area contributed by atoms with Gasteiger partial charge in [-0.25, -0.2) is 0 Å². The van der Waals surface area contributed by atoms with Gasteiger partial charge in [0.05, 0.1) is 0 Å². The molecule has 4 aliphatic carbocycles. The summed E-state index contributed by atoms with van der Waals surface area (Å²) in [5, 5.41) is 3.25. The van der Waals surface area contributed by atoms with Gasteiger partial charge in [0.2, 0.25) is 0 Å². The predicted octanol–water partition coefficient (Wildman–Crippen LogP) is 4.19. The van der Waals surface area contributed by atoms with Gasteiger partial charge in [-0.05, 0) is 80.2 Å². The summed E-state index contributed by atoms with van der Waals surface area (Å²) in [5.41, 5.74) is 2.32. The van der Waals surface area contributed by atoms with Gasteiger partial charge < -0.3 is 5.32 Å². The molecule has 0 aromatic heterocycles. The Hall–Kier alpha value is -1.31. The lowest BCUT2D eigenvalue weighted by molar-refractivity contribution is -0.0955. The van der Waals surface area contributed by atoms with Crippen LogP contribution in [0.1, 0.15) is 54.9 Å². The highest BCUT2D eigenvalue weighted by Crippen LogP contribution is 2.61. The van der Waals surface area contributed by atoms with E-state index in [-0.39, 0.29) is 5.91 Å². The molecule has 4 bridgehead atoms. The van der Waals surface area contributed by atoms with E-state index >= 15 is 0 Å². The van der Waals surface area contributed by atoms with E-state index in [0.29, 0.717) is 5.41 Å². The van der Waals surface area contributed by atoms with Crippen molar-refractivity contribution in [2.24, 2.45) is 29.1 Å². The van der Waals surface area contributed by atoms with E-state index in [0.717, 1.165) is 35.8 Å². The third-order valence-corrected chi connectivity index (χ3v) is 6.95. The van der Waals surface area contributed by atoms with Crippen LogP contribution < -0.4 is 5.32 Å². The Morgan fingerprint density at radius 1 is 1.05 bits per heavy atom. The molecular weight excluding hydrogens is 270 g/mol. The minimum Gasteiger partial charge on any atom is -0.351 e. The fraction of sp³-hybridized carbons (Fsp3) is 0.650. The van der Waals surface area contributed by atoms with Gasteiger partial charge in [0, 0.05) is 12.1 Å². The summed E-state index contributed by atoms with van der Waals surface area (Å²) in [7, 11) is 0. The first-order valence-electron chi connectivity index (χ1n) is 8.89. The van der Waals surface area contributed by atoms with Crippen molar-refractivity contribution in [2.45, 2.75) is 46.0 Å². The van der Waals surface area contributed by atoms with Gasteiger partial charge in [0.15, 0.2) is 0 Å². The Labute approximate surface area is 133 Å². The molecular formula is C20H27NO. The number of carbonyl (C=O) groups is 1. The summed E-state index contributed by atoms with van der Waals surface area (Å²) in [5.74, 6) is 3.74. The zero-order chi connectivity index (χ0) is 15.3. The maximum atomic E-state index is 12.4. The van der Waals surface area contributed by atoms with E-state index in [9.17, 15) is 4.79 Å². The number of carbonyl (C=O) groups excluding carboxylic acids is 1. The maximum absolute atomic E-state index is 12.4. The van der Waals surface area contributed by atoms with Crippen LogP contribution in [0.15, 0.2) is 24.3 Å². The molecule has 0 atom stereocenters. The number of nitrogens with one attached hydrogen (secondary N) is 1. The zero-order valence-electron chi connectivity index (χ0n) is 13.8.